The molecule has 16 heavy (non-hydrogen) atoms. The van der Waals surface area contributed by atoms with Gasteiger partial charge in [0.05, 0.1) is 11.4 Å². The van der Waals surface area contributed by atoms with Crippen LogP contribution in [0, 0.1) is 12.7 Å². The third kappa shape index (κ3) is 3.59. The summed E-state index contributed by atoms with van der Waals surface area (Å²) in [6.07, 6.45) is 0. The second-order valence-electron chi connectivity index (χ2n) is 3.89. The highest BCUT2D eigenvalue weighted by Crippen LogP contribution is 2.23. The summed E-state index contributed by atoms with van der Waals surface area (Å²) >= 11 is 1.87. The summed E-state index contributed by atoms with van der Waals surface area (Å²) in [5.74, 6) is 1.87. The Bertz CT molecular complexity index is 355. The molecule has 0 radical (unpaired) electrons. The highest BCUT2D eigenvalue weighted by atomic mass is 32.2. The predicted molar refractivity (Wildman–Crippen MR) is 71.6 cm³/mol. The predicted octanol–water partition coefficient (Wildman–Crippen LogP) is 3.27. The maximum atomic E-state index is 13.2. The summed E-state index contributed by atoms with van der Waals surface area (Å²) in [6.45, 7) is 5.97. The standard InChI is InChI=1S/C12H19FN2S/c1-4-16-7-9(3)15-12-5-8(2)10(13)6-11(12)14/h5-6,9,15H,4,7,14H2,1-3H3. The van der Waals surface area contributed by atoms with Crippen molar-refractivity contribution >= 4 is 23.1 Å². The van der Waals surface area contributed by atoms with Gasteiger partial charge < -0.3 is 11.1 Å². The summed E-state index contributed by atoms with van der Waals surface area (Å²) in [6, 6.07) is 3.46. The van der Waals surface area contributed by atoms with Gasteiger partial charge in [-0.3, -0.25) is 0 Å². The largest absolute Gasteiger partial charge is 0.397 e. The van der Waals surface area contributed by atoms with Crippen LogP contribution in [0.1, 0.15) is 19.4 Å². The molecule has 0 aliphatic rings. The van der Waals surface area contributed by atoms with Crippen LogP contribution in [0.4, 0.5) is 15.8 Å². The van der Waals surface area contributed by atoms with E-state index in [9.17, 15) is 4.39 Å². The van der Waals surface area contributed by atoms with Gasteiger partial charge >= 0.3 is 0 Å². The molecule has 3 N–H and O–H groups in total. The van der Waals surface area contributed by atoms with Crippen molar-refractivity contribution in [3.63, 3.8) is 0 Å². The van der Waals surface area contributed by atoms with E-state index in [-0.39, 0.29) is 5.82 Å². The minimum absolute atomic E-state index is 0.251. The van der Waals surface area contributed by atoms with Crippen LogP contribution < -0.4 is 11.1 Å². The van der Waals surface area contributed by atoms with Crippen LogP contribution in [0.2, 0.25) is 0 Å². The van der Waals surface area contributed by atoms with Gasteiger partial charge in [0, 0.05) is 11.8 Å². The number of thioether (sulfide) groups is 1. The topological polar surface area (TPSA) is 38.0 Å². The molecule has 90 valence electrons. The Hall–Kier alpha value is -0.900. The van der Waals surface area contributed by atoms with Gasteiger partial charge in [-0.25, -0.2) is 4.39 Å². The minimum Gasteiger partial charge on any atom is -0.397 e. The number of nitrogen functional groups attached to an aromatic ring is 1. The van der Waals surface area contributed by atoms with E-state index >= 15 is 0 Å². The molecule has 0 fully saturated rings. The Morgan fingerprint density at radius 3 is 2.81 bits per heavy atom. The fourth-order valence-corrected chi connectivity index (χ4v) is 2.10. The fraction of sp³-hybridized carbons (Fsp3) is 0.500. The molecular weight excluding hydrogens is 223 g/mol. The third-order valence-corrected chi connectivity index (χ3v) is 3.45. The van der Waals surface area contributed by atoms with Gasteiger partial charge in [0.25, 0.3) is 0 Å². The Balaban J connectivity index is 2.69. The molecule has 0 saturated carbocycles. The van der Waals surface area contributed by atoms with Crippen molar-refractivity contribution in [1.82, 2.24) is 0 Å². The van der Waals surface area contributed by atoms with E-state index in [1.807, 2.05) is 11.8 Å². The van der Waals surface area contributed by atoms with Crippen molar-refractivity contribution in [1.29, 1.82) is 0 Å². The summed E-state index contributed by atoms with van der Waals surface area (Å²) in [5, 5.41) is 3.30. The first-order chi connectivity index (χ1) is 7.54. The lowest BCUT2D eigenvalue weighted by atomic mass is 10.1. The molecule has 1 unspecified atom stereocenters. The first-order valence-corrected chi connectivity index (χ1v) is 6.60. The van der Waals surface area contributed by atoms with Crippen molar-refractivity contribution < 1.29 is 4.39 Å². The van der Waals surface area contributed by atoms with Crippen molar-refractivity contribution in [2.45, 2.75) is 26.8 Å². The summed E-state index contributed by atoms with van der Waals surface area (Å²) in [7, 11) is 0. The number of benzene rings is 1. The lowest BCUT2D eigenvalue weighted by molar-refractivity contribution is 0.619. The maximum absolute atomic E-state index is 13.2. The highest BCUT2D eigenvalue weighted by molar-refractivity contribution is 7.99. The van der Waals surface area contributed by atoms with E-state index in [1.54, 1.807) is 13.0 Å². The van der Waals surface area contributed by atoms with Gasteiger partial charge in [-0.15, -0.1) is 0 Å². The van der Waals surface area contributed by atoms with E-state index < -0.39 is 0 Å². The highest BCUT2D eigenvalue weighted by Gasteiger charge is 2.07. The molecule has 0 aromatic heterocycles. The Kier molecular flexibility index (Phi) is 4.93. The Labute approximate surface area is 101 Å². The molecule has 0 bridgehead atoms. The second kappa shape index (κ2) is 5.99. The van der Waals surface area contributed by atoms with Crippen LogP contribution in [0.15, 0.2) is 12.1 Å². The number of anilines is 2. The molecule has 0 spiro atoms. The molecule has 0 saturated heterocycles. The van der Waals surface area contributed by atoms with Crippen LogP contribution >= 0.6 is 11.8 Å². The number of nitrogens with one attached hydrogen (secondary N) is 1. The monoisotopic (exact) mass is 242 g/mol. The molecule has 0 aliphatic heterocycles. The number of aryl methyl sites for hydroxylation is 1. The first kappa shape index (κ1) is 13.2. The lowest BCUT2D eigenvalue weighted by Gasteiger charge is -2.17. The quantitative estimate of drug-likeness (QED) is 0.778. The van der Waals surface area contributed by atoms with Crippen LogP contribution in [0.5, 0.6) is 0 Å². The molecule has 1 rings (SSSR count). The van der Waals surface area contributed by atoms with Gasteiger partial charge in [-0.2, -0.15) is 11.8 Å². The Morgan fingerprint density at radius 2 is 2.19 bits per heavy atom. The lowest BCUT2D eigenvalue weighted by Crippen LogP contribution is -2.19. The number of rotatable bonds is 5. The second-order valence-corrected chi connectivity index (χ2v) is 5.21. The van der Waals surface area contributed by atoms with Crippen LogP contribution in [-0.4, -0.2) is 17.5 Å². The molecule has 4 heteroatoms. The number of nitrogens with two attached hydrogens (primary N) is 1. The van der Waals surface area contributed by atoms with E-state index in [0.717, 1.165) is 17.2 Å². The third-order valence-electron chi connectivity index (χ3n) is 2.30. The van der Waals surface area contributed by atoms with Gasteiger partial charge in [0.2, 0.25) is 0 Å². The average molecular weight is 242 g/mol. The SMILES string of the molecule is CCSCC(C)Nc1cc(C)c(F)cc1N. The average Bonchev–Trinajstić information content (AvgIpc) is 2.23. The van der Waals surface area contributed by atoms with Crippen molar-refractivity contribution in [3.05, 3.63) is 23.5 Å². The first-order valence-electron chi connectivity index (χ1n) is 5.44. The number of hydrogen-bond donors (Lipinski definition) is 2. The smallest absolute Gasteiger partial charge is 0.128 e. The van der Waals surface area contributed by atoms with Gasteiger partial charge in [0.15, 0.2) is 0 Å². The van der Waals surface area contributed by atoms with Crippen LogP contribution in [0.25, 0.3) is 0 Å². The Morgan fingerprint density at radius 1 is 1.50 bits per heavy atom. The van der Waals surface area contributed by atoms with E-state index in [4.69, 9.17) is 5.73 Å². The zero-order valence-corrected chi connectivity index (χ0v) is 10.8. The van der Waals surface area contributed by atoms with Crippen molar-refractivity contribution in [2.75, 3.05) is 22.6 Å². The molecule has 0 aliphatic carbocycles. The summed E-state index contributed by atoms with van der Waals surface area (Å²) < 4.78 is 13.2. The fourth-order valence-electron chi connectivity index (χ4n) is 1.42. The normalized spacial score (nSPS) is 12.5. The van der Waals surface area contributed by atoms with Crippen LogP contribution in [-0.2, 0) is 0 Å². The van der Waals surface area contributed by atoms with E-state index in [2.05, 4.69) is 19.2 Å². The zero-order valence-electron chi connectivity index (χ0n) is 10.0. The number of hydrogen-bond acceptors (Lipinski definition) is 3. The molecule has 1 atom stereocenters. The number of halogens is 1. The van der Waals surface area contributed by atoms with Crippen molar-refractivity contribution in [2.24, 2.45) is 0 Å². The molecule has 2 nitrogen and oxygen atoms in total. The van der Waals surface area contributed by atoms with Gasteiger partial charge in [-0.05, 0) is 37.3 Å². The molecular formula is C12H19FN2S. The summed E-state index contributed by atoms with van der Waals surface area (Å²) in [4.78, 5) is 0. The van der Waals surface area contributed by atoms with Gasteiger partial charge in [-0.1, -0.05) is 6.92 Å². The van der Waals surface area contributed by atoms with Crippen molar-refractivity contribution in [3.8, 4) is 0 Å². The minimum atomic E-state index is -0.251. The zero-order chi connectivity index (χ0) is 12.1. The van der Waals surface area contributed by atoms with E-state index in [1.165, 1.54) is 6.07 Å². The van der Waals surface area contributed by atoms with Gasteiger partial charge in [0.1, 0.15) is 5.82 Å². The van der Waals surface area contributed by atoms with E-state index in [0.29, 0.717) is 17.3 Å². The molecule has 1 aromatic rings. The maximum Gasteiger partial charge on any atom is 0.128 e. The molecule has 1 aromatic carbocycles. The van der Waals surface area contributed by atoms with Crippen LogP contribution in [0.3, 0.4) is 0 Å². The molecule has 0 heterocycles. The molecule has 0 amide bonds. The summed E-state index contributed by atoms with van der Waals surface area (Å²) in [5.41, 5.74) is 7.67.